The maximum atomic E-state index is 12.7. The molecule has 0 saturated heterocycles. The molecule has 2 rings (SSSR count). The van der Waals surface area contributed by atoms with E-state index in [4.69, 9.17) is 0 Å². The van der Waals surface area contributed by atoms with Crippen molar-refractivity contribution in [3.63, 3.8) is 0 Å². The second kappa shape index (κ2) is 7.60. The molecule has 4 atom stereocenters. The Morgan fingerprint density at radius 1 is 1.29 bits per heavy atom. The molecule has 1 aliphatic rings. The fourth-order valence-electron chi connectivity index (χ4n) is 3.19. The smallest absolute Gasteiger partial charge is 0.228 e. The SMILES string of the molecule is CCC(C)C(C(=O)N[C@@H]1CCCC[C@H]1O)c1ccccc1. The molecular formula is C18H27NO2. The van der Waals surface area contributed by atoms with Gasteiger partial charge in [0, 0.05) is 0 Å². The molecule has 2 unspecified atom stereocenters. The largest absolute Gasteiger partial charge is 0.391 e. The lowest BCUT2D eigenvalue weighted by atomic mass is 9.84. The van der Waals surface area contributed by atoms with Crippen LogP contribution in [0.5, 0.6) is 0 Å². The van der Waals surface area contributed by atoms with Gasteiger partial charge in [0.25, 0.3) is 0 Å². The number of benzene rings is 1. The van der Waals surface area contributed by atoms with Crippen LogP contribution in [0.25, 0.3) is 0 Å². The lowest BCUT2D eigenvalue weighted by Gasteiger charge is -2.31. The van der Waals surface area contributed by atoms with Crippen LogP contribution >= 0.6 is 0 Å². The third-order valence-electron chi connectivity index (χ3n) is 4.71. The van der Waals surface area contributed by atoms with Crippen LogP contribution in [0.3, 0.4) is 0 Å². The van der Waals surface area contributed by atoms with Crippen LogP contribution < -0.4 is 5.32 Å². The van der Waals surface area contributed by atoms with Gasteiger partial charge < -0.3 is 10.4 Å². The van der Waals surface area contributed by atoms with Crippen molar-refractivity contribution in [1.29, 1.82) is 0 Å². The molecule has 3 nitrogen and oxygen atoms in total. The second-order valence-electron chi connectivity index (χ2n) is 6.24. The Morgan fingerprint density at radius 3 is 2.57 bits per heavy atom. The predicted molar refractivity (Wildman–Crippen MR) is 85.0 cm³/mol. The average Bonchev–Trinajstić information content (AvgIpc) is 2.50. The van der Waals surface area contributed by atoms with Crippen molar-refractivity contribution in [1.82, 2.24) is 5.32 Å². The van der Waals surface area contributed by atoms with E-state index in [-0.39, 0.29) is 23.8 Å². The van der Waals surface area contributed by atoms with E-state index < -0.39 is 6.10 Å². The van der Waals surface area contributed by atoms with Gasteiger partial charge in [-0.3, -0.25) is 4.79 Å². The Hall–Kier alpha value is -1.35. The van der Waals surface area contributed by atoms with E-state index in [1.807, 2.05) is 30.3 Å². The summed E-state index contributed by atoms with van der Waals surface area (Å²) in [5.74, 6) is 0.208. The van der Waals surface area contributed by atoms with Gasteiger partial charge in [0.1, 0.15) is 0 Å². The molecule has 1 fully saturated rings. The van der Waals surface area contributed by atoms with Gasteiger partial charge in [0.15, 0.2) is 0 Å². The summed E-state index contributed by atoms with van der Waals surface area (Å²) in [7, 11) is 0. The summed E-state index contributed by atoms with van der Waals surface area (Å²) in [6.45, 7) is 4.23. The molecule has 2 N–H and O–H groups in total. The van der Waals surface area contributed by atoms with E-state index in [0.717, 1.165) is 37.7 Å². The molecule has 1 aromatic rings. The van der Waals surface area contributed by atoms with Gasteiger partial charge in [-0.2, -0.15) is 0 Å². The van der Waals surface area contributed by atoms with Crippen LogP contribution in [-0.4, -0.2) is 23.2 Å². The molecule has 116 valence electrons. The van der Waals surface area contributed by atoms with Crippen LogP contribution in [0.2, 0.25) is 0 Å². The third-order valence-corrected chi connectivity index (χ3v) is 4.71. The number of aliphatic hydroxyl groups is 1. The van der Waals surface area contributed by atoms with Gasteiger partial charge in [-0.15, -0.1) is 0 Å². The molecule has 1 amide bonds. The number of hydrogen-bond donors (Lipinski definition) is 2. The number of hydrogen-bond acceptors (Lipinski definition) is 2. The summed E-state index contributed by atoms with van der Waals surface area (Å²) in [6.07, 6.45) is 4.39. The molecule has 0 radical (unpaired) electrons. The number of carbonyl (C=O) groups is 1. The fourth-order valence-corrected chi connectivity index (χ4v) is 3.19. The molecular weight excluding hydrogens is 262 g/mol. The monoisotopic (exact) mass is 289 g/mol. The molecule has 0 aromatic heterocycles. The van der Waals surface area contributed by atoms with E-state index in [9.17, 15) is 9.90 Å². The van der Waals surface area contributed by atoms with Crippen molar-refractivity contribution in [2.45, 2.75) is 64.0 Å². The first-order valence-corrected chi connectivity index (χ1v) is 8.16. The van der Waals surface area contributed by atoms with Crippen LogP contribution in [0.15, 0.2) is 30.3 Å². The third kappa shape index (κ3) is 4.07. The average molecular weight is 289 g/mol. The van der Waals surface area contributed by atoms with Gasteiger partial charge in [-0.1, -0.05) is 63.4 Å². The lowest BCUT2D eigenvalue weighted by Crippen LogP contribution is -2.47. The zero-order valence-corrected chi connectivity index (χ0v) is 13.1. The van der Waals surface area contributed by atoms with Crippen molar-refractivity contribution in [2.75, 3.05) is 0 Å². The molecule has 1 aliphatic carbocycles. The van der Waals surface area contributed by atoms with Gasteiger partial charge in [0.2, 0.25) is 5.91 Å². The molecule has 1 saturated carbocycles. The molecule has 0 aliphatic heterocycles. The van der Waals surface area contributed by atoms with Crippen LogP contribution in [0, 0.1) is 5.92 Å². The summed E-state index contributed by atoms with van der Waals surface area (Å²) >= 11 is 0. The van der Waals surface area contributed by atoms with Crippen LogP contribution in [0.1, 0.15) is 57.4 Å². The first-order valence-electron chi connectivity index (χ1n) is 8.16. The highest BCUT2D eigenvalue weighted by molar-refractivity contribution is 5.84. The van der Waals surface area contributed by atoms with E-state index in [1.165, 1.54) is 0 Å². The zero-order chi connectivity index (χ0) is 15.2. The zero-order valence-electron chi connectivity index (χ0n) is 13.1. The Bertz CT molecular complexity index is 446. The maximum Gasteiger partial charge on any atom is 0.228 e. The van der Waals surface area contributed by atoms with Crippen LogP contribution in [-0.2, 0) is 4.79 Å². The fraction of sp³-hybridized carbons (Fsp3) is 0.611. The minimum absolute atomic E-state index is 0.0569. The van der Waals surface area contributed by atoms with Gasteiger partial charge >= 0.3 is 0 Å². The number of carbonyl (C=O) groups excluding carboxylic acids is 1. The number of amides is 1. The highest BCUT2D eigenvalue weighted by Gasteiger charge is 2.30. The molecule has 0 spiro atoms. The van der Waals surface area contributed by atoms with Crippen LogP contribution in [0.4, 0.5) is 0 Å². The Kier molecular flexibility index (Phi) is 5.80. The Balaban J connectivity index is 2.11. The van der Waals surface area contributed by atoms with Crippen molar-refractivity contribution < 1.29 is 9.90 Å². The van der Waals surface area contributed by atoms with Crippen molar-refractivity contribution in [3.8, 4) is 0 Å². The number of aliphatic hydroxyl groups excluding tert-OH is 1. The number of nitrogens with one attached hydrogen (secondary N) is 1. The van der Waals surface area contributed by atoms with Crippen molar-refractivity contribution in [2.24, 2.45) is 5.92 Å². The topological polar surface area (TPSA) is 49.3 Å². The van der Waals surface area contributed by atoms with E-state index in [0.29, 0.717) is 0 Å². The lowest BCUT2D eigenvalue weighted by molar-refractivity contribution is -0.125. The molecule has 3 heteroatoms. The summed E-state index contributed by atoms with van der Waals surface area (Å²) < 4.78 is 0. The molecule has 1 aromatic carbocycles. The Labute approximate surface area is 127 Å². The van der Waals surface area contributed by atoms with Gasteiger partial charge in [-0.05, 0) is 24.3 Å². The first kappa shape index (κ1) is 16.0. The first-order chi connectivity index (χ1) is 10.1. The maximum absolute atomic E-state index is 12.7. The van der Waals surface area contributed by atoms with Gasteiger partial charge in [0.05, 0.1) is 18.1 Å². The van der Waals surface area contributed by atoms with Gasteiger partial charge in [-0.25, -0.2) is 0 Å². The highest BCUT2D eigenvalue weighted by atomic mass is 16.3. The quantitative estimate of drug-likeness (QED) is 0.874. The van der Waals surface area contributed by atoms with E-state index in [1.54, 1.807) is 0 Å². The minimum Gasteiger partial charge on any atom is -0.391 e. The minimum atomic E-state index is -0.393. The van der Waals surface area contributed by atoms with E-state index >= 15 is 0 Å². The summed E-state index contributed by atoms with van der Waals surface area (Å²) in [5.41, 5.74) is 1.06. The Morgan fingerprint density at radius 2 is 1.95 bits per heavy atom. The molecule has 0 bridgehead atoms. The molecule has 0 heterocycles. The normalized spacial score (nSPS) is 25.1. The van der Waals surface area contributed by atoms with Crippen molar-refractivity contribution >= 4 is 5.91 Å². The summed E-state index contributed by atoms with van der Waals surface area (Å²) in [6, 6.07) is 9.89. The predicted octanol–water partition coefficient (Wildman–Crippen LogP) is 3.24. The highest BCUT2D eigenvalue weighted by Crippen LogP contribution is 2.28. The van der Waals surface area contributed by atoms with Crippen molar-refractivity contribution in [3.05, 3.63) is 35.9 Å². The van der Waals surface area contributed by atoms with E-state index in [2.05, 4.69) is 19.2 Å². The molecule has 21 heavy (non-hydrogen) atoms. The number of rotatable bonds is 5. The summed E-state index contributed by atoms with van der Waals surface area (Å²) in [4.78, 5) is 12.7. The second-order valence-corrected chi connectivity index (χ2v) is 6.24. The summed E-state index contributed by atoms with van der Waals surface area (Å²) in [5, 5.41) is 13.1. The standard InChI is InChI=1S/C18H27NO2/c1-3-13(2)17(14-9-5-4-6-10-14)18(21)19-15-11-7-8-12-16(15)20/h4-6,9-10,13,15-17,20H,3,7-8,11-12H2,1-2H3,(H,19,21)/t13?,15-,16-,17?/m1/s1.